The predicted molar refractivity (Wildman–Crippen MR) is 63.0 cm³/mol. The van der Waals surface area contributed by atoms with Crippen molar-refractivity contribution in [2.45, 2.75) is 31.8 Å². The largest absolute Gasteiger partial charge is 0.459 e. The van der Waals surface area contributed by atoms with Gasteiger partial charge in [-0.1, -0.05) is 17.7 Å². The maximum atomic E-state index is 11.7. The zero-order valence-corrected chi connectivity index (χ0v) is 10.1. The summed E-state index contributed by atoms with van der Waals surface area (Å²) in [5, 5.41) is 18.4. The van der Waals surface area contributed by atoms with Crippen molar-refractivity contribution in [1.82, 2.24) is 0 Å². The number of carbonyl (C=O) groups is 1. The topological polar surface area (TPSA) is 76.0 Å². The SMILES string of the molecule is Cc1ccc(C(=O)OC[C@@H]2C[C@H](O)[C@H](O)O2)cc1. The highest BCUT2D eigenvalue weighted by Crippen LogP contribution is 2.19. The van der Waals surface area contributed by atoms with E-state index in [-0.39, 0.29) is 13.0 Å². The number of esters is 1. The fourth-order valence-corrected chi connectivity index (χ4v) is 1.78. The van der Waals surface area contributed by atoms with Crippen LogP contribution in [-0.2, 0) is 9.47 Å². The van der Waals surface area contributed by atoms with E-state index in [0.717, 1.165) is 5.56 Å². The third kappa shape index (κ3) is 3.07. The van der Waals surface area contributed by atoms with Gasteiger partial charge in [0, 0.05) is 6.42 Å². The van der Waals surface area contributed by atoms with Gasteiger partial charge >= 0.3 is 5.97 Å². The lowest BCUT2D eigenvalue weighted by molar-refractivity contribution is -0.133. The van der Waals surface area contributed by atoms with Crippen LogP contribution in [0.25, 0.3) is 0 Å². The highest BCUT2D eigenvalue weighted by atomic mass is 16.6. The molecule has 1 heterocycles. The van der Waals surface area contributed by atoms with Crippen LogP contribution in [0.15, 0.2) is 24.3 Å². The third-order valence-electron chi connectivity index (χ3n) is 2.85. The molecule has 1 saturated heterocycles. The van der Waals surface area contributed by atoms with E-state index in [4.69, 9.17) is 14.6 Å². The maximum Gasteiger partial charge on any atom is 0.338 e. The molecule has 0 radical (unpaired) electrons. The Hall–Kier alpha value is -1.43. The van der Waals surface area contributed by atoms with Crippen LogP contribution < -0.4 is 0 Å². The first-order valence-corrected chi connectivity index (χ1v) is 5.81. The molecule has 0 spiro atoms. The van der Waals surface area contributed by atoms with Gasteiger partial charge in [0.05, 0.1) is 11.7 Å². The van der Waals surface area contributed by atoms with Gasteiger partial charge in [-0.3, -0.25) is 0 Å². The van der Waals surface area contributed by atoms with E-state index in [2.05, 4.69) is 0 Å². The Morgan fingerprint density at radius 3 is 2.61 bits per heavy atom. The van der Waals surface area contributed by atoms with Crippen molar-refractivity contribution in [3.05, 3.63) is 35.4 Å². The Balaban J connectivity index is 1.84. The van der Waals surface area contributed by atoms with Crippen molar-refractivity contribution >= 4 is 5.97 Å². The van der Waals surface area contributed by atoms with E-state index in [1.165, 1.54) is 0 Å². The fourth-order valence-electron chi connectivity index (χ4n) is 1.78. The van der Waals surface area contributed by atoms with Crippen molar-refractivity contribution < 1.29 is 24.5 Å². The van der Waals surface area contributed by atoms with E-state index in [1.54, 1.807) is 12.1 Å². The lowest BCUT2D eigenvalue weighted by Crippen LogP contribution is -2.20. The zero-order valence-electron chi connectivity index (χ0n) is 10.1. The Morgan fingerprint density at radius 2 is 2.06 bits per heavy atom. The molecule has 1 aliphatic heterocycles. The van der Waals surface area contributed by atoms with E-state index in [0.29, 0.717) is 5.56 Å². The molecule has 0 unspecified atom stereocenters. The molecule has 1 aliphatic rings. The summed E-state index contributed by atoms with van der Waals surface area (Å²) in [7, 11) is 0. The van der Waals surface area contributed by atoms with Crippen molar-refractivity contribution in [2.24, 2.45) is 0 Å². The van der Waals surface area contributed by atoms with Crippen LogP contribution in [0.5, 0.6) is 0 Å². The second-order valence-corrected chi connectivity index (χ2v) is 4.42. The zero-order chi connectivity index (χ0) is 13.1. The second-order valence-electron chi connectivity index (χ2n) is 4.42. The molecule has 3 atom stereocenters. The first-order valence-electron chi connectivity index (χ1n) is 5.81. The molecule has 0 aromatic heterocycles. The fraction of sp³-hybridized carbons (Fsp3) is 0.462. The molecule has 0 saturated carbocycles. The van der Waals surface area contributed by atoms with E-state index in [1.807, 2.05) is 19.1 Å². The van der Waals surface area contributed by atoms with Gasteiger partial charge in [0.15, 0.2) is 6.29 Å². The molecule has 5 nitrogen and oxygen atoms in total. The Labute approximate surface area is 105 Å². The summed E-state index contributed by atoms with van der Waals surface area (Å²) in [4.78, 5) is 11.7. The van der Waals surface area contributed by atoms with Gasteiger partial charge in [-0.25, -0.2) is 4.79 Å². The van der Waals surface area contributed by atoms with E-state index >= 15 is 0 Å². The van der Waals surface area contributed by atoms with Gasteiger partial charge in [0.25, 0.3) is 0 Å². The third-order valence-corrected chi connectivity index (χ3v) is 2.85. The average Bonchev–Trinajstić information content (AvgIpc) is 2.67. The van der Waals surface area contributed by atoms with Gasteiger partial charge < -0.3 is 19.7 Å². The lowest BCUT2D eigenvalue weighted by Gasteiger charge is -2.10. The van der Waals surface area contributed by atoms with Gasteiger partial charge in [0.2, 0.25) is 0 Å². The molecule has 1 fully saturated rings. The van der Waals surface area contributed by atoms with Crippen LogP contribution >= 0.6 is 0 Å². The van der Waals surface area contributed by atoms with Crippen LogP contribution in [0.2, 0.25) is 0 Å². The standard InChI is InChI=1S/C13H16O5/c1-8-2-4-9(5-3-8)12(15)17-7-10-6-11(14)13(16)18-10/h2-5,10-11,13-14,16H,6-7H2,1H3/t10-,11-,13+/m0/s1. The molecule has 2 N–H and O–H groups in total. The first kappa shape index (κ1) is 13.0. The second kappa shape index (κ2) is 5.48. The summed E-state index contributed by atoms with van der Waals surface area (Å²) >= 11 is 0. The average molecular weight is 252 g/mol. The van der Waals surface area contributed by atoms with Gasteiger partial charge in [-0.15, -0.1) is 0 Å². The lowest BCUT2D eigenvalue weighted by atomic mass is 10.1. The highest BCUT2D eigenvalue weighted by Gasteiger charge is 2.33. The van der Waals surface area contributed by atoms with Crippen molar-refractivity contribution in [2.75, 3.05) is 6.61 Å². The summed E-state index contributed by atoms with van der Waals surface area (Å²) in [5.74, 6) is -0.436. The summed E-state index contributed by atoms with van der Waals surface area (Å²) in [6.07, 6.45) is -2.28. The van der Waals surface area contributed by atoms with E-state index in [9.17, 15) is 9.90 Å². The number of aliphatic hydroxyl groups is 2. The van der Waals surface area contributed by atoms with Crippen molar-refractivity contribution in [1.29, 1.82) is 0 Å². The number of ether oxygens (including phenoxy) is 2. The molecule has 0 aliphatic carbocycles. The molecule has 2 rings (SSSR count). The monoisotopic (exact) mass is 252 g/mol. The number of aliphatic hydroxyl groups excluding tert-OH is 2. The predicted octanol–water partition coefficient (Wildman–Crippen LogP) is 0.620. The quantitative estimate of drug-likeness (QED) is 0.771. The molecule has 5 heteroatoms. The number of aryl methyl sites for hydroxylation is 1. The van der Waals surface area contributed by atoms with Crippen LogP contribution in [0.3, 0.4) is 0 Å². The smallest absolute Gasteiger partial charge is 0.338 e. The molecule has 0 amide bonds. The molecule has 98 valence electrons. The van der Waals surface area contributed by atoms with Gasteiger partial charge in [-0.2, -0.15) is 0 Å². The first-order chi connectivity index (χ1) is 8.56. The van der Waals surface area contributed by atoms with Gasteiger partial charge in [0.1, 0.15) is 12.7 Å². The number of rotatable bonds is 3. The van der Waals surface area contributed by atoms with Crippen LogP contribution in [0, 0.1) is 6.92 Å². The minimum Gasteiger partial charge on any atom is -0.459 e. The normalized spacial score (nSPS) is 27.2. The molecule has 1 aromatic carbocycles. The molecule has 0 bridgehead atoms. The minimum atomic E-state index is -1.19. The Kier molecular flexibility index (Phi) is 3.96. The van der Waals surface area contributed by atoms with Crippen LogP contribution in [-0.4, -0.2) is 41.3 Å². The molecular formula is C13H16O5. The Morgan fingerprint density at radius 1 is 1.39 bits per heavy atom. The number of hydrogen-bond donors (Lipinski definition) is 2. The summed E-state index contributed by atoms with van der Waals surface area (Å²) in [6, 6.07) is 7.04. The molecule has 18 heavy (non-hydrogen) atoms. The summed E-state index contributed by atoms with van der Waals surface area (Å²) < 4.78 is 10.1. The Bertz CT molecular complexity index is 404. The maximum absolute atomic E-state index is 11.7. The number of benzene rings is 1. The highest BCUT2D eigenvalue weighted by molar-refractivity contribution is 5.89. The summed E-state index contributed by atoms with van der Waals surface area (Å²) in [5.41, 5.74) is 1.54. The minimum absolute atomic E-state index is 0.0286. The summed E-state index contributed by atoms with van der Waals surface area (Å²) in [6.45, 7) is 1.96. The number of carbonyl (C=O) groups excluding carboxylic acids is 1. The van der Waals surface area contributed by atoms with Crippen molar-refractivity contribution in [3.63, 3.8) is 0 Å². The van der Waals surface area contributed by atoms with E-state index < -0.39 is 24.5 Å². The van der Waals surface area contributed by atoms with Crippen LogP contribution in [0.1, 0.15) is 22.3 Å². The number of hydrogen-bond acceptors (Lipinski definition) is 5. The van der Waals surface area contributed by atoms with Crippen LogP contribution in [0.4, 0.5) is 0 Å². The molecule has 1 aromatic rings. The van der Waals surface area contributed by atoms with Gasteiger partial charge in [-0.05, 0) is 19.1 Å². The molecular weight excluding hydrogens is 236 g/mol. The van der Waals surface area contributed by atoms with Crippen molar-refractivity contribution in [3.8, 4) is 0 Å².